The van der Waals surface area contributed by atoms with Crippen LogP contribution in [0.25, 0.3) is 22.3 Å². The lowest BCUT2D eigenvalue weighted by atomic mass is 9.90. The van der Waals surface area contributed by atoms with Crippen molar-refractivity contribution in [3.63, 3.8) is 0 Å². The van der Waals surface area contributed by atoms with Crippen LogP contribution in [0.15, 0.2) is 66.7 Å². The minimum atomic E-state index is -0.856. The Bertz CT molecular complexity index is 1190. The summed E-state index contributed by atoms with van der Waals surface area (Å²) in [6.45, 7) is 4.95. The number of unbranched alkanes of at least 4 members (excludes halogenated alkanes) is 2. The molecule has 1 heterocycles. The van der Waals surface area contributed by atoms with Gasteiger partial charge in [0.2, 0.25) is 0 Å². The first kappa shape index (κ1) is 27.2. The van der Waals surface area contributed by atoms with Gasteiger partial charge in [-0.25, -0.2) is 13.2 Å². The predicted molar refractivity (Wildman–Crippen MR) is 146 cm³/mol. The zero-order valence-electron chi connectivity index (χ0n) is 21.9. The van der Waals surface area contributed by atoms with Crippen LogP contribution in [0.3, 0.4) is 0 Å². The smallest absolute Gasteiger partial charge is 0.166 e. The summed E-state index contributed by atoms with van der Waals surface area (Å²) in [5.41, 5.74) is 3.13. The highest BCUT2D eigenvalue weighted by Crippen LogP contribution is 2.35. The van der Waals surface area contributed by atoms with E-state index in [1.165, 1.54) is 25.7 Å². The minimum Gasteiger partial charge on any atom is -0.373 e. The zero-order chi connectivity index (χ0) is 26.2. The maximum Gasteiger partial charge on any atom is 0.166 e. The summed E-state index contributed by atoms with van der Waals surface area (Å²) in [6, 6.07) is 15.5. The lowest BCUT2D eigenvalue weighted by molar-refractivity contribution is -0.0200. The maximum absolute atomic E-state index is 15.1. The van der Waals surface area contributed by atoms with Crippen molar-refractivity contribution in [2.24, 2.45) is 5.92 Å². The standard InChI is InChI=1S/C33H37F3O/c1-3-5-7-9-23-11-20-31(37-22-23)27-17-18-28(30(34)21-27)24-12-14-25(15-13-24)29-19-16-26(10-8-6-4-2)32(35)33(29)36/h6,8,12-19,21,23,31H,3-5,7,9-11,20,22H2,1-2H3. The average Bonchev–Trinajstić information content (AvgIpc) is 2.92. The molecule has 2 unspecified atom stereocenters. The van der Waals surface area contributed by atoms with Gasteiger partial charge in [-0.05, 0) is 66.3 Å². The van der Waals surface area contributed by atoms with E-state index in [2.05, 4.69) is 6.92 Å². The van der Waals surface area contributed by atoms with Crippen molar-refractivity contribution in [1.29, 1.82) is 0 Å². The molecule has 2 atom stereocenters. The van der Waals surface area contributed by atoms with E-state index in [1.54, 1.807) is 48.5 Å². The van der Waals surface area contributed by atoms with Crippen molar-refractivity contribution in [1.82, 2.24) is 0 Å². The highest BCUT2D eigenvalue weighted by Gasteiger charge is 2.23. The third-order valence-electron chi connectivity index (χ3n) is 7.36. The van der Waals surface area contributed by atoms with Gasteiger partial charge in [-0.15, -0.1) is 0 Å². The molecule has 0 saturated carbocycles. The fourth-order valence-corrected chi connectivity index (χ4v) is 5.12. The molecule has 37 heavy (non-hydrogen) atoms. The highest BCUT2D eigenvalue weighted by molar-refractivity contribution is 5.71. The molecule has 4 heteroatoms. The van der Waals surface area contributed by atoms with Gasteiger partial charge in [0.05, 0.1) is 12.7 Å². The molecule has 1 fully saturated rings. The van der Waals surface area contributed by atoms with Crippen molar-refractivity contribution in [3.05, 3.63) is 95.3 Å². The molecule has 3 aromatic rings. The Kier molecular flexibility index (Phi) is 9.62. The fraction of sp³-hybridized carbons (Fsp3) is 0.394. The van der Waals surface area contributed by atoms with Crippen LogP contribution in [-0.4, -0.2) is 6.61 Å². The van der Waals surface area contributed by atoms with Crippen LogP contribution in [0.5, 0.6) is 0 Å². The number of allylic oxidation sites excluding steroid dienone is 2. The molecule has 0 amide bonds. The maximum atomic E-state index is 15.1. The molecule has 0 radical (unpaired) electrons. The van der Waals surface area contributed by atoms with Crippen LogP contribution in [0.1, 0.15) is 76.0 Å². The molecular formula is C33H37F3O. The molecule has 0 spiro atoms. The second-order valence-corrected chi connectivity index (χ2v) is 10.1. The van der Waals surface area contributed by atoms with Crippen LogP contribution in [0.4, 0.5) is 13.2 Å². The average molecular weight is 507 g/mol. The van der Waals surface area contributed by atoms with Crippen LogP contribution >= 0.6 is 0 Å². The molecule has 1 aliphatic rings. The first-order valence-electron chi connectivity index (χ1n) is 13.7. The van der Waals surface area contributed by atoms with E-state index >= 15 is 4.39 Å². The van der Waals surface area contributed by atoms with E-state index in [4.69, 9.17) is 4.74 Å². The lowest BCUT2D eigenvalue weighted by Gasteiger charge is -2.29. The predicted octanol–water partition coefficient (Wildman–Crippen LogP) is 9.99. The number of hydrogen-bond acceptors (Lipinski definition) is 1. The number of hydrogen-bond donors (Lipinski definition) is 0. The molecule has 0 aliphatic carbocycles. The van der Waals surface area contributed by atoms with E-state index in [0.29, 0.717) is 34.6 Å². The Morgan fingerprint density at radius 3 is 2.19 bits per heavy atom. The summed E-state index contributed by atoms with van der Waals surface area (Å²) in [5.74, 6) is -1.37. The number of ether oxygens (including phenoxy) is 1. The van der Waals surface area contributed by atoms with Crippen molar-refractivity contribution in [3.8, 4) is 22.3 Å². The Balaban J connectivity index is 1.44. The van der Waals surface area contributed by atoms with Crippen molar-refractivity contribution in [2.45, 2.75) is 71.3 Å². The monoisotopic (exact) mass is 506 g/mol. The summed E-state index contributed by atoms with van der Waals surface area (Å²) < 4.78 is 50.6. The Hall–Kier alpha value is -2.85. The summed E-state index contributed by atoms with van der Waals surface area (Å²) in [6.07, 6.45) is 11.9. The van der Waals surface area contributed by atoms with Gasteiger partial charge >= 0.3 is 0 Å². The topological polar surface area (TPSA) is 9.23 Å². The van der Waals surface area contributed by atoms with Crippen molar-refractivity contribution < 1.29 is 17.9 Å². The molecule has 0 N–H and O–H groups in total. The first-order chi connectivity index (χ1) is 18.0. The number of benzene rings is 3. The Morgan fingerprint density at radius 2 is 1.54 bits per heavy atom. The van der Waals surface area contributed by atoms with E-state index in [-0.39, 0.29) is 17.5 Å². The molecule has 0 aromatic heterocycles. The number of rotatable bonds is 10. The third-order valence-corrected chi connectivity index (χ3v) is 7.36. The van der Waals surface area contributed by atoms with Gasteiger partial charge in [0, 0.05) is 11.1 Å². The lowest BCUT2D eigenvalue weighted by Crippen LogP contribution is -2.20. The van der Waals surface area contributed by atoms with Crippen LogP contribution in [-0.2, 0) is 11.2 Å². The summed E-state index contributed by atoms with van der Waals surface area (Å²) in [4.78, 5) is 0. The van der Waals surface area contributed by atoms with E-state index < -0.39 is 11.6 Å². The van der Waals surface area contributed by atoms with Gasteiger partial charge in [0.25, 0.3) is 0 Å². The summed E-state index contributed by atoms with van der Waals surface area (Å²) in [7, 11) is 0. The molecule has 1 aliphatic heterocycles. The second kappa shape index (κ2) is 13.1. The molecule has 4 rings (SSSR count). The van der Waals surface area contributed by atoms with Crippen LogP contribution < -0.4 is 0 Å². The van der Waals surface area contributed by atoms with E-state index in [0.717, 1.165) is 31.4 Å². The van der Waals surface area contributed by atoms with Gasteiger partial charge in [-0.1, -0.05) is 93.8 Å². The van der Waals surface area contributed by atoms with Gasteiger partial charge in [0.1, 0.15) is 5.82 Å². The molecule has 3 aromatic carbocycles. The summed E-state index contributed by atoms with van der Waals surface area (Å²) in [5, 5.41) is 0. The molecule has 1 saturated heterocycles. The van der Waals surface area contributed by atoms with E-state index in [1.807, 2.05) is 25.1 Å². The quantitative estimate of drug-likeness (QED) is 0.196. The zero-order valence-corrected chi connectivity index (χ0v) is 21.9. The SMILES string of the molecule is CCC=CCc1ccc(-c2ccc(-c3ccc(C4CCC(CCCCC)CO4)cc3F)cc2)c(F)c1F. The highest BCUT2D eigenvalue weighted by atomic mass is 19.2. The normalized spacial score (nSPS) is 18.0. The van der Waals surface area contributed by atoms with Crippen LogP contribution in [0, 0.1) is 23.4 Å². The molecule has 1 nitrogen and oxygen atoms in total. The van der Waals surface area contributed by atoms with Gasteiger partial charge in [-0.3, -0.25) is 0 Å². The Labute approximate surface area is 219 Å². The fourth-order valence-electron chi connectivity index (χ4n) is 5.12. The second-order valence-electron chi connectivity index (χ2n) is 10.1. The first-order valence-corrected chi connectivity index (χ1v) is 13.7. The number of halogens is 3. The van der Waals surface area contributed by atoms with Crippen molar-refractivity contribution >= 4 is 0 Å². The molecule has 0 bridgehead atoms. The third kappa shape index (κ3) is 6.73. The minimum absolute atomic E-state index is 0.0633. The largest absolute Gasteiger partial charge is 0.373 e. The van der Waals surface area contributed by atoms with E-state index in [9.17, 15) is 8.78 Å². The summed E-state index contributed by atoms with van der Waals surface area (Å²) >= 11 is 0. The Morgan fingerprint density at radius 1 is 0.811 bits per heavy atom. The van der Waals surface area contributed by atoms with Gasteiger partial charge in [0.15, 0.2) is 11.6 Å². The van der Waals surface area contributed by atoms with Gasteiger partial charge in [-0.2, -0.15) is 0 Å². The van der Waals surface area contributed by atoms with Crippen molar-refractivity contribution in [2.75, 3.05) is 6.61 Å². The van der Waals surface area contributed by atoms with Crippen LogP contribution in [0.2, 0.25) is 0 Å². The molecule has 196 valence electrons. The molecular weight excluding hydrogens is 469 g/mol. The van der Waals surface area contributed by atoms with Gasteiger partial charge < -0.3 is 4.74 Å².